The van der Waals surface area contributed by atoms with Crippen LogP contribution in [-0.4, -0.2) is 24.1 Å². The Morgan fingerprint density at radius 2 is 2.12 bits per heavy atom. The normalized spacial score (nSPS) is 12.4. The maximum atomic E-state index is 8.93. The lowest BCUT2D eigenvalue weighted by atomic mass is 10.2. The van der Waals surface area contributed by atoms with Crippen molar-refractivity contribution in [3.05, 3.63) is 29.8 Å². The zero-order chi connectivity index (χ0) is 11.8. The van der Waals surface area contributed by atoms with Gasteiger partial charge in [0.1, 0.15) is 5.75 Å². The Balaban J connectivity index is 2.46. The summed E-state index contributed by atoms with van der Waals surface area (Å²) in [6.07, 6.45) is 0. The number of hydrogen-bond acceptors (Lipinski definition) is 3. The van der Waals surface area contributed by atoms with Crippen LogP contribution >= 0.6 is 11.8 Å². The SMILES string of the molecule is CCOc1ccccc1CSCC(C)CO. The van der Waals surface area contributed by atoms with Gasteiger partial charge in [0, 0.05) is 17.9 Å². The van der Waals surface area contributed by atoms with E-state index in [1.807, 2.05) is 36.9 Å². The molecule has 1 atom stereocenters. The van der Waals surface area contributed by atoms with E-state index in [2.05, 4.69) is 13.0 Å². The summed E-state index contributed by atoms with van der Waals surface area (Å²) in [5.74, 6) is 3.27. The minimum atomic E-state index is 0.264. The fourth-order valence-corrected chi connectivity index (χ4v) is 2.43. The molecule has 0 bridgehead atoms. The van der Waals surface area contributed by atoms with Crippen LogP contribution in [0.15, 0.2) is 24.3 Å². The van der Waals surface area contributed by atoms with E-state index in [-0.39, 0.29) is 6.61 Å². The van der Waals surface area contributed by atoms with E-state index in [0.29, 0.717) is 12.5 Å². The molecule has 1 aromatic carbocycles. The third-order valence-electron chi connectivity index (χ3n) is 2.24. The Kier molecular flexibility index (Phi) is 6.34. The average molecular weight is 240 g/mol. The van der Waals surface area contributed by atoms with Crippen LogP contribution in [0.5, 0.6) is 5.75 Å². The van der Waals surface area contributed by atoms with Gasteiger partial charge in [0.2, 0.25) is 0 Å². The van der Waals surface area contributed by atoms with Crippen molar-refractivity contribution in [2.75, 3.05) is 19.0 Å². The van der Waals surface area contributed by atoms with Gasteiger partial charge in [-0.2, -0.15) is 11.8 Å². The van der Waals surface area contributed by atoms with Crippen molar-refractivity contribution in [3.63, 3.8) is 0 Å². The second-order valence-corrected chi connectivity index (χ2v) is 4.87. The van der Waals surface area contributed by atoms with Gasteiger partial charge in [-0.15, -0.1) is 0 Å². The number of rotatable bonds is 7. The van der Waals surface area contributed by atoms with Crippen LogP contribution in [0.2, 0.25) is 0 Å². The Morgan fingerprint density at radius 1 is 1.38 bits per heavy atom. The predicted molar refractivity (Wildman–Crippen MR) is 70.0 cm³/mol. The van der Waals surface area contributed by atoms with Gasteiger partial charge in [-0.3, -0.25) is 0 Å². The molecule has 0 aromatic heterocycles. The van der Waals surface area contributed by atoms with E-state index < -0.39 is 0 Å². The molecule has 1 rings (SSSR count). The molecule has 0 saturated heterocycles. The number of para-hydroxylation sites is 1. The Bertz CT molecular complexity index is 302. The molecule has 0 aliphatic carbocycles. The van der Waals surface area contributed by atoms with Crippen molar-refractivity contribution in [2.24, 2.45) is 5.92 Å². The first kappa shape index (κ1) is 13.4. The van der Waals surface area contributed by atoms with Gasteiger partial charge in [0.15, 0.2) is 0 Å². The molecule has 0 fully saturated rings. The van der Waals surface area contributed by atoms with Crippen molar-refractivity contribution >= 4 is 11.8 Å². The molecule has 0 spiro atoms. The average Bonchev–Trinajstić information content (AvgIpc) is 2.31. The predicted octanol–water partition coefficient (Wildman–Crippen LogP) is 2.95. The van der Waals surface area contributed by atoms with Gasteiger partial charge < -0.3 is 9.84 Å². The summed E-state index contributed by atoms with van der Waals surface area (Å²) in [5.41, 5.74) is 1.24. The zero-order valence-electron chi connectivity index (χ0n) is 9.98. The molecule has 2 nitrogen and oxygen atoms in total. The van der Waals surface area contributed by atoms with Gasteiger partial charge >= 0.3 is 0 Å². The van der Waals surface area contributed by atoms with Crippen LogP contribution in [-0.2, 0) is 5.75 Å². The quantitative estimate of drug-likeness (QED) is 0.794. The summed E-state index contributed by atoms with van der Waals surface area (Å²) in [4.78, 5) is 0. The minimum absolute atomic E-state index is 0.264. The van der Waals surface area contributed by atoms with Crippen molar-refractivity contribution in [2.45, 2.75) is 19.6 Å². The van der Waals surface area contributed by atoms with E-state index in [4.69, 9.17) is 9.84 Å². The molecule has 1 unspecified atom stereocenters. The van der Waals surface area contributed by atoms with Crippen LogP contribution < -0.4 is 4.74 Å². The third kappa shape index (κ3) is 4.45. The molecular weight excluding hydrogens is 220 g/mol. The smallest absolute Gasteiger partial charge is 0.123 e. The van der Waals surface area contributed by atoms with Gasteiger partial charge in [-0.1, -0.05) is 25.1 Å². The molecule has 1 N–H and O–H groups in total. The van der Waals surface area contributed by atoms with E-state index in [1.54, 1.807) is 0 Å². The number of aliphatic hydroxyl groups excluding tert-OH is 1. The fraction of sp³-hybridized carbons (Fsp3) is 0.538. The summed E-state index contributed by atoms with van der Waals surface area (Å²) >= 11 is 1.84. The second-order valence-electron chi connectivity index (χ2n) is 3.84. The Morgan fingerprint density at radius 3 is 2.81 bits per heavy atom. The molecular formula is C13H20O2S. The largest absolute Gasteiger partial charge is 0.494 e. The Hall–Kier alpha value is -0.670. The third-order valence-corrected chi connectivity index (χ3v) is 3.56. The van der Waals surface area contributed by atoms with Gasteiger partial charge in [0.25, 0.3) is 0 Å². The van der Waals surface area contributed by atoms with Crippen LogP contribution in [0.1, 0.15) is 19.4 Å². The van der Waals surface area contributed by atoms with Gasteiger partial charge in [0.05, 0.1) is 6.61 Å². The lowest BCUT2D eigenvalue weighted by molar-refractivity contribution is 0.250. The molecule has 0 saturated carbocycles. The maximum Gasteiger partial charge on any atom is 0.123 e. The first-order valence-corrected chi connectivity index (χ1v) is 6.82. The molecule has 1 aromatic rings. The monoisotopic (exact) mass is 240 g/mol. The number of ether oxygens (including phenoxy) is 1. The number of aliphatic hydroxyl groups is 1. The molecule has 0 radical (unpaired) electrons. The molecule has 0 heterocycles. The highest BCUT2D eigenvalue weighted by atomic mass is 32.2. The molecule has 0 aliphatic rings. The van der Waals surface area contributed by atoms with Gasteiger partial charge in [-0.25, -0.2) is 0 Å². The first-order valence-electron chi connectivity index (χ1n) is 5.67. The molecule has 90 valence electrons. The van der Waals surface area contributed by atoms with Crippen LogP contribution in [0, 0.1) is 5.92 Å². The highest BCUT2D eigenvalue weighted by Gasteiger charge is 2.04. The highest BCUT2D eigenvalue weighted by Crippen LogP contribution is 2.24. The van der Waals surface area contributed by atoms with Crippen molar-refractivity contribution in [1.82, 2.24) is 0 Å². The van der Waals surface area contributed by atoms with E-state index in [1.165, 1.54) is 5.56 Å². The van der Waals surface area contributed by atoms with Crippen molar-refractivity contribution < 1.29 is 9.84 Å². The first-order chi connectivity index (χ1) is 7.77. The van der Waals surface area contributed by atoms with Gasteiger partial charge in [-0.05, 0) is 24.7 Å². The van der Waals surface area contributed by atoms with Crippen molar-refractivity contribution in [1.29, 1.82) is 0 Å². The maximum absolute atomic E-state index is 8.93. The molecule has 0 amide bonds. The number of hydrogen-bond donors (Lipinski definition) is 1. The van der Waals surface area contributed by atoms with E-state index in [0.717, 1.165) is 17.3 Å². The topological polar surface area (TPSA) is 29.5 Å². The van der Waals surface area contributed by atoms with E-state index in [9.17, 15) is 0 Å². The summed E-state index contributed by atoms with van der Waals surface area (Å²) in [7, 11) is 0. The lowest BCUT2D eigenvalue weighted by Gasteiger charge is -2.11. The fourth-order valence-electron chi connectivity index (χ4n) is 1.34. The van der Waals surface area contributed by atoms with E-state index >= 15 is 0 Å². The number of benzene rings is 1. The van der Waals surface area contributed by atoms with Crippen LogP contribution in [0.25, 0.3) is 0 Å². The Labute approximate surface area is 102 Å². The summed E-state index contributed by atoms with van der Waals surface area (Å²) in [5, 5.41) is 8.93. The summed E-state index contributed by atoms with van der Waals surface area (Å²) < 4.78 is 5.56. The van der Waals surface area contributed by atoms with Crippen LogP contribution in [0.3, 0.4) is 0 Å². The molecule has 0 aliphatic heterocycles. The highest BCUT2D eigenvalue weighted by molar-refractivity contribution is 7.98. The zero-order valence-corrected chi connectivity index (χ0v) is 10.8. The molecule has 16 heavy (non-hydrogen) atoms. The minimum Gasteiger partial charge on any atom is -0.494 e. The standard InChI is InChI=1S/C13H20O2S/c1-3-15-13-7-5-4-6-12(13)10-16-9-11(2)8-14/h4-7,11,14H,3,8-10H2,1-2H3. The summed E-state index contributed by atoms with van der Waals surface area (Å²) in [6.45, 7) is 5.02. The number of thioether (sulfide) groups is 1. The molecule has 3 heteroatoms. The lowest BCUT2D eigenvalue weighted by Crippen LogP contribution is -2.04. The second kappa shape index (κ2) is 7.58. The van der Waals surface area contributed by atoms with Crippen molar-refractivity contribution in [3.8, 4) is 5.75 Å². The summed E-state index contributed by atoms with van der Waals surface area (Å²) in [6, 6.07) is 8.14. The van der Waals surface area contributed by atoms with Crippen LogP contribution in [0.4, 0.5) is 0 Å².